The molecule has 0 spiro atoms. The van der Waals surface area contributed by atoms with Crippen LogP contribution in [0.4, 0.5) is 13.6 Å². The van der Waals surface area contributed by atoms with Crippen LogP contribution in [0.15, 0.2) is 0 Å². The second kappa shape index (κ2) is 5.74. The number of ether oxygens (including phenoxy) is 1. The molecule has 82 valence electrons. The van der Waals surface area contributed by atoms with Gasteiger partial charge in [-0.2, -0.15) is 0 Å². The van der Waals surface area contributed by atoms with Crippen LogP contribution in [0.1, 0.15) is 6.42 Å². The molecule has 14 heavy (non-hydrogen) atoms. The number of carbonyl (C=O) groups is 1. The van der Waals surface area contributed by atoms with Crippen molar-refractivity contribution in [3.05, 3.63) is 0 Å². The fourth-order valence-electron chi connectivity index (χ4n) is 1.24. The summed E-state index contributed by atoms with van der Waals surface area (Å²) in [7, 11) is 0. The Kier molecular flexibility index (Phi) is 4.58. The van der Waals surface area contributed by atoms with Crippen LogP contribution in [-0.2, 0) is 4.74 Å². The van der Waals surface area contributed by atoms with Gasteiger partial charge in [0.15, 0.2) is 0 Å². The highest BCUT2D eigenvalue weighted by molar-refractivity contribution is 5.74. The number of rotatable bonds is 5. The average molecular weight is 208 g/mol. The monoisotopic (exact) mass is 208 g/mol. The van der Waals surface area contributed by atoms with E-state index < -0.39 is 13.0 Å². The summed E-state index contributed by atoms with van der Waals surface area (Å²) in [6.45, 7) is 1.34. The Morgan fingerprint density at radius 2 is 2.36 bits per heavy atom. The summed E-state index contributed by atoms with van der Waals surface area (Å²) < 4.78 is 28.0. The van der Waals surface area contributed by atoms with Gasteiger partial charge < -0.3 is 15.0 Å². The lowest BCUT2D eigenvalue weighted by molar-refractivity contribution is 0.0120. The first-order valence-corrected chi connectivity index (χ1v) is 4.59. The molecule has 0 atom stereocenters. The minimum Gasteiger partial charge on any atom is -0.374 e. The summed E-state index contributed by atoms with van der Waals surface area (Å²) in [5.74, 6) is 0. The van der Waals surface area contributed by atoms with Crippen molar-refractivity contribution in [1.29, 1.82) is 0 Å². The number of nitrogens with one attached hydrogen (secondary N) is 1. The van der Waals surface area contributed by atoms with Crippen LogP contribution in [0.3, 0.4) is 0 Å². The van der Waals surface area contributed by atoms with Gasteiger partial charge in [0.25, 0.3) is 6.43 Å². The Labute approximate surface area is 81.2 Å². The molecule has 0 bridgehead atoms. The van der Waals surface area contributed by atoms with E-state index in [-0.39, 0.29) is 12.6 Å². The largest absolute Gasteiger partial charge is 0.374 e. The third kappa shape index (κ3) is 3.87. The van der Waals surface area contributed by atoms with E-state index in [4.69, 9.17) is 0 Å². The molecule has 4 nitrogen and oxygen atoms in total. The second-order valence-electron chi connectivity index (χ2n) is 3.04. The van der Waals surface area contributed by atoms with Crippen molar-refractivity contribution < 1.29 is 18.3 Å². The van der Waals surface area contributed by atoms with Gasteiger partial charge in [0.1, 0.15) is 6.61 Å². The molecule has 0 unspecified atom stereocenters. The Bertz CT molecular complexity index is 190. The summed E-state index contributed by atoms with van der Waals surface area (Å²) in [6, 6.07) is -0.142. The predicted molar refractivity (Wildman–Crippen MR) is 46.4 cm³/mol. The maximum absolute atomic E-state index is 11.7. The van der Waals surface area contributed by atoms with Gasteiger partial charge in [0, 0.05) is 19.6 Å². The molecule has 0 aliphatic carbocycles. The molecule has 0 radical (unpaired) electrons. The highest BCUT2D eigenvalue weighted by Gasteiger charge is 2.16. The average Bonchev–Trinajstić information content (AvgIpc) is 2.15. The zero-order valence-corrected chi connectivity index (χ0v) is 7.84. The number of alkyl halides is 2. The van der Waals surface area contributed by atoms with Crippen molar-refractivity contribution in [2.75, 3.05) is 32.8 Å². The molecule has 1 aliphatic rings. The summed E-state index contributed by atoms with van der Waals surface area (Å²) in [4.78, 5) is 12.7. The summed E-state index contributed by atoms with van der Waals surface area (Å²) in [5.41, 5.74) is 0. The molecule has 0 aromatic heterocycles. The normalized spacial score (nSPS) is 17.4. The van der Waals surface area contributed by atoms with Gasteiger partial charge in [-0.05, 0) is 6.42 Å². The quantitative estimate of drug-likeness (QED) is 0.675. The van der Waals surface area contributed by atoms with Gasteiger partial charge in [0.2, 0.25) is 0 Å². The highest BCUT2D eigenvalue weighted by atomic mass is 19.3. The lowest BCUT2D eigenvalue weighted by atomic mass is 10.3. The van der Waals surface area contributed by atoms with Crippen molar-refractivity contribution in [1.82, 2.24) is 10.2 Å². The lowest BCUT2D eigenvalue weighted by Gasteiger charge is -2.27. The number of halogens is 2. The molecular weight excluding hydrogens is 194 g/mol. The Hall–Kier alpha value is -0.910. The summed E-state index contributed by atoms with van der Waals surface area (Å²) in [5, 5.41) is 2.67. The van der Waals surface area contributed by atoms with E-state index in [2.05, 4.69) is 10.1 Å². The maximum atomic E-state index is 11.7. The number of urea groups is 1. The van der Waals surface area contributed by atoms with Crippen LogP contribution in [-0.4, -0.2) is 50.2 Å². The van der Waals surface area contributed by atoms with E-state index in [1.807, 2.05) is 0 Å². The molecule has 0 aromatic rings. The van der Waals surface area contributed by atoms with Crippen molar-refractivity contribution in [3.8, 4) is 0 Å². The van der Waals surface area contributed by atoms with Gasteiger partial charge in [-0.25, -0.2) is 13.6 Å². The predicted octanol–water partition coefficient (Wildman–Crippen LogP) is 0.683. The maximum Gasteiger partial charge on any atom is 0.317 e. The van der Waals surface area contributed by atoms with E-state index in [1.165, 1.54) is 0 Å². The fourth-order valence-corrected chi connectivity index (χ4v) is 1.24. The molecule has 1 heterocycles. The smallest absolute Gasteiger partial charge is 0.317 e. The van der Waals surface area contributed by atoms with Crippen LogP contribution >= 0.6 is 0 Å². The molecule has 0 saturated carbocycles. The molecule has 2 amide bonds. The molecule has 1 saturated heterocycles. The lowest BCUT2D eigenvalue weighted by Crippen LogP contribution is -2.47. The molecule has 6 heteroatoms. The SMILES string of the molecule is O=C1NCCCN1CCOCC(F)F. The molecular formula is C8H14F2N2O2. The van der Waals surface area contributed by atoms with Crippen LogP contribution in [0.25, 0.3) is 0 Å². The zero-order valence-electron chi connectivity index (χ0n) is 7.84. The molecule has 0 aromatic carbocycles. The van der Waals surface area contributed by atoms with E-state index in [0.717, 1.165) is 6.42 Å². The van der Waals surface area contributed by atoms with Crippen LogP contribution in [0.5, 0.6) is 0 Å². The van der Waals surface area contributed by atoms with E-state index >= 15 is 0 Å². The topological polar surface area (TPSA) is 41.6 Å². The molecule has 1 rings (SSSR count). The Balaban J connectivity index is 2.07. The number of nitrogens with zero attached hydrogens (tertiary/aromatic N) is 1. The third-order valence-electron chi connectivity index (χ3n) is 1.92. The van der Waals surface area contributed by atoms with Crippen molar-refractivity contribution in [2.24, 2.45) is 0 Å². The third-order valence-corrected chi connectivity index (χ3v) is 1.92. The van der Waals surface area contributed by atoms with Crippen molar-refractivity contribution in [3.63, 3.8) is 0 Å². The molecule has 1 aliphatic heterocycles. The van der Waals surface area contributed by atoms with E-state index in [0.29, 0.717) is 19.6 Å². The van der Waals surface area contributed by atoms with Gasteiger partial charge >= 0.3 is 6.03 Å². The second-order valence-corrected chi connectivity index (χ2v) is 3.04. The Morgan fingerprint density at radius 3 is 3.00 bits per heavy atom. The van der Waals surface area contributed by atoms with Crippen LogP contribution < -0.4 is 5.32 Å². The van der Waals surface area contributed by atoms with Gasteiger partial charge in [-0.1, -0.05) is 0 Å². The number of hydrogen-bond donors (Lipinski definition) is 1. The number of amides is 2. The standard InChI is InChI=1S/C8H14F2N2O2/c9-7(10)6-14-5-4-12-3-1-2-11-8(12)13/h7H,1-6H2,(H,11,13). The summed E-state index contributed by atoms with van der Waals surface area (Å²) >= 11 is 0. The number of hydrogen-bond acceptors (Lipinski definition) is 2. The fraction of sp³-hybridized carbons (Fsp3) is 0.875. The van der Waals surface area contributed by atoms with E-state index in [1.54, 1.807) is 4.90 Å². The van der Waals surface area contributed by atoms with Crippen LogP contribution in [0, 0.1) is 0 Å². The Morgan fingerprint density at radius 1 is 1.57 bits per heavy atom. The number of carbonyl (C=O) groups excluding carboxylic acids is 1. The minimum absolute atomic E-state index is 0.142. The first-order valence-electron chi connectivity index (χ1n) is 4.59. The highest BCUT2D eigenvalue weighted by Crippen LogP contribution is 1.99. The first kappa shape index (κ1) is 11.2. The van der Waals surface area contributed by atoms with Crippen molar-refractivity contribution in [2.45, 2.75) is 12.8 Å². The van der Waals surface area contributed by atoms with Crippen LogP contribution in [0.2, 0.25) is 0 Å². The zero-order chi connectivity index (χ0) is 10.4. The minimum atomic E-state index is -2.44. The van der Waals surface area contributed by atoms with Crippen molar-refractivity contribution >= 4 is 6.03 Å². The first-order chi connectivity index (χ1) is 6.70. The van der Waals surface area contributed by atoms with Gasteiger partial charge in [-0.3, -0.25) is 0 Å². The van der Waals surface area contributed by atoms with E-state index in [9.17, 15) is 13.6 Å². The molecule has 1 fully saturated rings. The molecule has 1 N–H and O–H groups in total. The summed E-state index contributed by atoms with van der Waals surface area (Å²) in [6.07, 6.45) is -1.55. The van der Waals surface area contributed by atoms with Gasteiger partial charge in [0.05, 0.1) is 6.61 Å². The van der Waals surface area contributed by atoms with Gasteiger partial charge in [-0.15, -0.1) is 0 Å².